The van der Waals surface area contributed by atoms with Crippen LogP contribution in [0, 0.1) is 0 Å². The molecule has 1 aliphatic carbocycles. The van der Waals surface area contributed by atoms with E-state index in [0.717, 1.165) is 30.6 Å². The predicted octanol–water partition coefficient (Wildman–Crippen LogP) is 2.78. The SMILES string of the molecule is CC[C@@H]1C(=O)Cc2cnc(Cl)nc2N1C1CCCC1. The van der Waals surface area contributed by atoms with Gasteiger partial charge in [0.25, 0.3) is 0 Å². The number of Topliss-reactive ketones (excluding diaryl/α,β-unsaturated/α-hetero) is 1. The van der Waals surface area contributed by atoms with Gasteiger partial charge in [0.1, 0.15) is 5.82 Å². The number of ketones is 1. The van der Waals surface area contributed by atoms with Crippen LogP contribution in [0.5, 0.6) is 0 Å². The Labute approximate surface area is 118 Å². The fraction of sp³-hybridized carbons (Fsp3) is 0.643. The topological polar surface area (TPSA) is 46.1 Å². The first-order chi connectivity index (χ1) is 9.20. The fourth-order valence-corrected chi connectivity index (χ4v) is 3.50. The van der Waals surface area contributed by atoms with Gasteiger partial charge in [0.2, 0.25) is 5.28 Å². The van der Waals surface area contributed by atoms with Gasteiger partial charge in [0, 0.05) is 24.2 Å². The summed E-state index contributed by atoms with van der Waals surface area (Å²) in [6, 6.07) is 0.389. The Morgan fingerprint density at radius 1 is 1.42 bits per heavy atom. The number of halogens is 1. The molecule has 102 valence electrons. The third kappa shape index (κ3) is 2.22. The maximum atomic E-state index is 12.3. The summed E-state index contributed by atoms with van der Waals surface area (Å²) in [6.45, 7) is 2.07. The molecule has 1 fully saturated rings. The molecule has 0 amide bonds. The van der Waals surface area contributed by atoms with Crippen molar-refractivity contribution in [1.29, 1.82) is 0 Å². The highest BCUT2D eigenvalue weighted by atomic mass is 35.5. The molecule has 0 spiro atoms. The lowest BCUT2D eigenvalue weighted by molar-refractivity contribution is -0.120. The molecule has 4 nitrogen and oxygen atoms in total. The molecule has 0 bridgehead atoms. The number of nitrogens with zero attached hydrogens (tertiary/aromatic N) is 3. The van der Waals surface area contributed by atoms with Gasteiger partial charge in [0.15, 0.2) is 5.78 Å². The highest BCUT2D eigenvalue weighted by Crippen LogP contribution is 2.35. The second-order valence-corrected chi connectivity index (χ2v) is 5.74. The van der Waals surface area contributed by atoms with Crippen LogP contribution in [0.15, 0.2) is 6.20 Å². The number of aromatic nitrogens is 2. The van der Waals surface area contributed by atoms with Crippen LogP contribution >= 0.6 is 11.6 Å². The summed E-state index contributed by atoms with van der Waals surface area (Å²) in [6.07, 6.45) is 7.73. The van der Waals surface area contributed by atoms with Crippen molar-refractivity contribution in [1.82, 2.24) is 9.97 Å². The van der Waals surface area contributed by atoms with Gasteiger partial charge >= 0.3 is 0 Å². The molecule has 2 heterocycles. The predicted molar refractivity (Wildman–Crippen MR) is 74.6 cm³/mol. The summed E-state index contributed by atoms with van der Waals surface area (Å²) in [5.74, 6) is 1.17. The summed E-state index contributed by atoms with van der Waals surface area (Å²) in [4.78, 5) is 22.9. The van der Waals surface area contributed by atoms with E-state index in [-0.39, 0.29) is 17.1 Å². The third-order valence-electron chi connectivity index (χ3n) is 4.23. The average Bonchev–Trinajstić information content (AvgIpc) is 2.91. The molecule has 0 saturated heterocycles. The molecular formula is C14H18ClN3O. The maximum absolute atomic E-state index is 12.3. The minimum atomic E-state index is -0.0402. The van der Waals surface area contributed by atoms with Crippen LogP contribution in [0.4, 0.5) is 5.82 Å². The van der Waals surface area contributed by atoms with Crippen molar-refractivity contribution in [2.75, 3.05) is 4.90 Å². The van der Waals surface area contributed by atoms with Crippen molar-refractivity contribution in [3.05, 3.63) is 17.0 Å². The zero-order valence-electron chi connectivity index (χ0n) is 11.1. The molecule has 2 aliphatic rings. The van der Waals surface area contributed by atoms with Crippen molar-refractivity contribution in [2.45, 2.75) is 57.5 Å². The smallest absolute Gasteiger partial charge is 0.224 e. The Bertz CT molecular complexity index is 499. The van der Waals surface area contributed by atoms with Gasteiger partial charge in [-0.1, -0.05) is 19.8 Å². The summed E-state index contributed by atoms with van der Waals surface area (Å²) >= 11 is 5.94. The Kier molecular flexibility index (Phi) is 3.44. The van der Waals surface area contributed by atoms with Gasteiger partial charge in [-0.15, -0.1) is 0 Å². The van der Waals surface area contributed by atoms with Gasteiger partial charge in [-0.05, 0) is 30.9 Å². The molecule has 1 atom stereocenters. The van der Waals surface area contributed by atoms with Gasteiger partial charge < -0.3 is 4.90 Å². The standard InChI is InChI=1S/C14H18ClN3O/c1-2-11-12(19)7-9-8-16-14(15)17-13(9)18(11)10-5-3-4-6-10/h8,10-11H,2-7H2,1H3/t11-/m1/s1. The van der Waals surface area contributed by atoms with Crippen molar-refractivity contribution in [3.8, 4) is 0 Å². The van der Waals surface area contributed by atoms with Gasteiger partial charge in [-0.2, -0.15) is 0 Å². The zero-order valence-corrected chi connectivity index (χ0v) is 11.9. The van der Waals surface area contributed by atoms with Gasteiger partial charge in [-0.25, -0.2) is 9.97 Å². The number of carbonyl (C=O) groups excluding carboxylic acids is 1. The number of carbonyl (C=O) groups is 1. The first kappa shape index (κ1) is 12.9. The molecule has 5 heteroatoms. The molecule has 0 aromatic carbocycles. The number of anilines is 1. The molecule has 19 heavy (non-hydrogen) atoms. The average molecular weight is 280 g/mol. The summed E-state index contributed by atoms with van der Waals surface area (Å²) < 4.78 is 0. The van der Waals surface area contributed by atoms with Crippen LogP contribution in [0.1, 0.15) is 44.6 Å². The van der Waals surface area contributed by atoms with Crippen molar-refractivity contribution in [2.24, 2.45) is 0 Å². The lowest BCUT2D eigenvalue weighted by Crippen LogP contribution is -2.50. The number of hydrogen-bond donors (Lipinski definition) is 0. The molecule has 1 aliphatic heterocycles. The molecule has 0 N–H and O–H groups in total. The number of rotatable bonds is 2. The zero-order chi connectivity index (χ0) is 13.4. The van der Waals surface area contributed by atoms with Crippen LogP contribution < -0.4 is 4.90 Å². The van der Waals surface area contributed by atoms with E-state index in [1.807, 2.05) is 0 Å². The van der Waals surface area contributed by atoms with Crippen molar-refractivity contribution < 1.29 is 4.79 Å². The molecule has 3 rings (SSSR count). The van der Waals surface area contributed by atoms with Crippen LogP contribution in [0.3, 0.4) is 0 Å². The van der Waals surface area contributed by atoms with E-state index in [0.29, 0.717) is 12.5 Å². The summed E-state index contributed by atoms with van der Waals surface area (Å²) in [5.41, 5.74) is 0.922. The Balaban J connectivity index is 2.05. The quantitative estimate of drug-likeness (QED) is 0.781. The lowest BCUT2D eigenvalue weighted by atomic mass is 9.94. The molecule has 0 unspecified atom stereocenters. The highest BCUT2D eigenvalue weighted by Gasteiger charge is 2.38. The van der Waals surface area contributed by atoms with Gasteiger partial charge in [-0.3, -0.25) is 4.79 Å². The third-order valence-corrected chi connectivity index (χ3v) is 4.42. The minimum Gasteiger partial charge on any atom is -0.343 e. The molecule has 1 aromatic rings. The van der Waals surface area contributed by atoms with E-state index >= 15 is 0 Å². The lowest BCUT2D eigenvalue weighted by Gasteiger charge is -2.40. The number of fused-ring (bicyclic) bond motifs is 1. The van der Waals surface area contributed by atoms with E-state index in [4.69, 9.17) is 11.6 Å². The fourth-order valence-electron chi connectivity index (χ4n) is 3.37. The van der Waals surface area contributed by atoms with E-state index in [2.05, 4.69) is 21.8 Å². The monoisotopic (exact) mass is 279 g/mol. The molecular weight excluding hydrogens is 262 g/mol. The Hall–Kier alpha value is -1.16. The van der Waals surface area contributed by atoms with Crippen LogP contribution in [-0.4, -0.2) is 27.8 Å². The largest absolute Gasteiger partial charge is 0.343 e. The van der Waals surface area contributed by atoms with E-state index in [1.165, 1.54) is 12.8 Å². The normalized spacial score (nSPS) is 23.8. The van der Waals surface area contributed by atoms with Crippen LogP contribution in [0.25, 0.3) is 0 Å². The highest BCUT2D eigenvalue weighted by molar-refractivity contribution is 6.28. The first-order valence-electron chi connectivity index (χ1n) is 7.03. The first-order valence-corrected chi connectivity index (χ1v) is 7.41. The second kappa shape index (κ2) is 5.08. The summed E-state index contributed by atoms with van der Waals surface area (Å²) in [5, 5.41) is 0.269. The number of hydrogen-bond acceptors (Lipinski definition) is 4. The van der Waals surface area contributed by atoms with E-state index < -0.39 is 0 Å². The molecule has 1 saturated carbocycles. The summed E-state index contributed by atoms with van der Waals surface area (Å²) in [7, 11) is 0. The van der Waals surface area contributed by atoms with E-state index in [1.54, 1.807) is 6.20 Å². The van der Waals surface area contributed by atoms with Gasteiger partial charge in [0.05, 0.1) is 6.04 Å². The second-order valence-electron chi connectivity index (χ2n) is 5.40. The molecule has 1 aromatic heterocycles. The van der Waals surface area contributed by atoms with Crippen LogP contribution in [-0.2, 0) is 11.2 Å². The minimum absolute atomic E-state index is 0.0402. The Morgan fingerprint density at radius 2 is 2.16 bits per heavy atom. The Morgan fingerprint density at radius 3 is 2.84 bits per heavy atom. The van der Waals surface area contributed by atoms with Crippen molar-refractivity contribution >= 4 is 23.2 Å². The van der Waals surface area contributed by atoms with Crippen molar-refractivity contribution in [3.63, 3.8) is 0 Å². The van der Waals surface area contributed by atoms with E-state index in [9.17, 15) is 4.79 Å². The maximum Gasteiger partial charge on any atom is 0.224 e. The molecule has 0 radical (unpaired) electrons. The van der Waals surface area contributed by atoms with Crippen LogP contribution in [0.2, 0.25) is 5.28 Å².